The van der Waals surface area contributed by atoms with Crippen molar-refractivity contribution < 1.29 is 29.3 Å². The Labute approximate surface area is 125 Å². The summed E-state index contributed by atoms with van der Waals surface area (Å²) in [6, 6.07) is 0. The Morgan fingerprint density at radius 1 is 1.29 bits per heavy atom. The first-order valence-electron chi connectivity index (χ1n) is 6.83. The summed E-state index contributed by atoms with van der Waals surface area (Å²) in [6.45, 7) is 6.12. The van der Waals surface area contributed by atoms with Crippen LogP contribution in [0.25, 0.3) is 0 Å². The minimum atomic E-state index is -2.25. The minimum absolute atomic E-state index is 0.377. The molecule has 0 saturated carbocycles. The van der Waals surface area contributed by atoms with Gasteiger partial charge in [0.2, 0.25) is 0 Å². The molecule has 0 bridgehead atoms. The lowest BCUT2D eigenvalue weighted by atomic mass is 9.95. The zero-order valence-corrected chi connectivity index (χ0v) is 13.1. The molecule has 0 amide bonds. The van der Waals surface area contributed by atoms with E-state index < -0.39 is 29.6 Å². The van der Waals surface area contributed by atoms with Crippen LogP contribution < -0.4 is 0 Å². The largest absolute Gasteiger partial charge is 0.479 e. The van der Waals surface area contributed by atoms with E-state index in [0.29, 0.717) is 6.61 Å². The summed E-state index contributed by atoms with van der Waals surface area (Å²) in [6.07, 6.45) is 0.885. The molecule has 21 heavy (non-hydrogen) atoms. The maximum Gasteiger partial charge on any atom is 0.337 e. The third-order valence-corrected chi connectivity index (χ3v) is 2.79. The van der Waals surface area contributed by atoms with E-state index in [2.05, 4.69) is 16.6 Å². The number of carboxylic acid groups (broad SMARTS) is 1. The van der Waals surface area contributed by atoms with Crippen LogP contribution in [0.4, 0.5) is 0 Å². The second kappa shape index (κ2) is 8.65. The number of ether oxygens (including phenoxy) is 2. The van der Waals surface area contributed by atoms with E-state index in [1.165, 1.54) is 0 Å². The Hall–Kier alpha value is -1.58. The van der Waals surface area contributed by atoms with Gasteiger partial charge in [0.25, 0.3) is 0 Å². The van der Waals surface area contributed by atoms with E-state index in [1.54, 1.807) is 13.8 Å². The number of carbonyl (C=O) groups excluding carboxylic acids is 1. The first-order chi connectivity index (χ1) is 9.67. The molecule has 1 atom stereocenters. The molecule has 0 aliphatic heterocycles. The second-order valence-corrected chi connectivity index (χ2v) is 5.28. The van der Waals surface area contributed by atoms with Crippen LogP contribution in [0.1, 0.15) is 46.5 Å². The molecule has 6 nitrogen and oxygen atoms in total. The van der Waals surface area contributed by atoms with Gasteiger partial charge in [0.05, 0.1) is 13.5 Å². The molecule has 120 valence electrons. The average molecular weight is 300 g/mol. The summed E-state index contributed by atoms with van der Waals surface area (Å²) in [4.78, 5) is 22.2. The van der Waals surface area contributed by atoms with Gasteiger partial charge in [-0.2, -0.15) is 0 Å². The summed E-state index contributed by atoms with van der Waals surface area (Å²) in [5.41, 5.74) is -2.99. The van der Waals surface area contributed by atoms with E-state index in [4.69, 9.17) is 9.84 Å². The van der Waals surface area contributed by atoms with Crippen LogP contribution in [-0.4, -0.2) is 47.1 Å². The van der Waals surface area contributed by atoms with Crippen molar-refractivity contribution in [2.75, 3.05) is 13.7 Å². The summed E-state index contributed by atoms with van der Waals surface area (Å²) in [7, 11) is 1.13. The SMILES string of the molecule is CCCCOC(C)(C)C#CC[C@@](O)(CC(=O)OC)C(=O)O. The first-order valence-corrected chi connectivity index (χ1v) is 6.83. The Bertz CT molecular complexity index is 418. The fourth-order valence-electron chi connectivity index (χ4n) is 1.44. The summed E-state index contributed by atoms with van der Waals surface area (Å²) >= 11 is 0. The number of unbranched alkanes of at least 4 members (excludes halogenated alkanes) is 1. The van der Waals surface area contributed by atoms with Crippen LogP contribution in [0.2, 0.25) is 0 Å². The Balaban J connectivity index is 4.73. The van der Waals surface area contributed by atoms with Crippen LogP contribution >= 0.6 is 0 Å². The number of carboxylic acids is 1. The third kappa shape index (κ3) is 7.69. The molecule has 0 unspecified atom stereocenters. The van der Waals surface area contributed by atoms with Crippen molar-refractivity contribution in [1.82, 2.24) is 0 Å². The van der Waals surface area contributed by atoms with E-state index in [1.807, 2.05) is 6.92 Å². The number of rotatable bonds is 8. The average Bonchev–Trinajstić information content (AvgIpc) is 2.38. The van der Waals surface area contributed by atoms with Gasteiger partial charge in [-0.15, -0.1) is 0 Å². The van der Waals surface area contributed by atoms with Crippen molar-refractivity contribution in [1.29, 1.82) is 0 Å². The second-order valence-electron chi connectivity index (χ2n) is 5.28. The molecule has 0 aliphatic carbocycles. The van der Waals surface area contributed by atoms with E-state index in [9.17, 15) is 14.7 Å². The third-order valence-electron chi connectivity index (χ3n) is 2.79. The lowest BCUT2D eigenvalue weighted by Gasteiger charge is -2.21. The van der Waals surface area contributed by atoms with Gasteiger partial charge in [-0.25, -0.2) is 4.79 Å². The summed E-state index contributed by atoms with van der Waals surface area (Å²) in [5, 5.41) is 19.0. The number of methoxy groups -OCH3 is 1. The van der Waals surface area contributed by atoms with Gasteiger partial charge in [-0.05, 0) is 20.3 Å². The highest BCUT2D eigenvalue weighted by Crippen LogP contribution is 2.17. The van der Waals surface area contributed by atoms with Crippen LogP contribution in [0.3, 0.4) is 0 Å². The Morgan fingerprint density at radius 3 is 2.38 bits per heavy atom. The number of esters is 1. The Kier molecular flexibility index (Phi) is 8.00. The van der Waals surface area contributed by atoms with Gasteiger partial charge in [0.15, 0.2) is 5.60 Å². The van der Waals surface area contributed by atoms with Crippen molar-refractivity contribution in [3.8, 4) is 11.8 Å². The van der Waals surface area contributed by atoms with E-state index in [0.717, 1.165) is 20.0 Å². The van der Waals surface area contributed by atoms with Crippen molar-refractivity contribution in [2.24, 2.45) is 0 Å². The van der Waals surface area contributed by atoms with Crippen molar-refractivity contribution in [3.05, 3.63) is 0 Å². The van der Waals surface area contributed by atoms with E-state index in [-0.39, 0.29) is 6.42 Å². The summed E-state index contributed by atoms with van der Waals surface area (Å²) < 4.78 is 9.93. The fraction of sp³-hybridized carbons (Fsp3) is 0.733. The van der Waals surface area contributed by atoms with Crippen LogP contribution in [0.5, 0.6) is 0 Å². The lowest BCUT2D eigenvalue weighted by Crippen LogP contribution is -2.40. The molecule has 2 N–H and O–H groups in total. The molecule has 0 fully saturated rings. The minimum Gasteiger partial charge on any atom is -0.479 e. The Morgan fingerprint density at radius 2 is 1.90 bits per heavy atom. The highest BCUT2D eigenvalue weighted by molar-refractivity contribution is 5.84. The van der Waals surface area contributed by atoms with Crippen molar-refractivity contribution in [2.45, 2.75) is 57.7 Å². The van der Waals surface area contributed by atoms with Crippen LogP contribution in [0, 0.1) is 11.8 Å². The molecular weight excluding hydrogens is 276 g/mol. The predicted molar refractivity (Wildman–Crippen MR) is 76.6 cm³/mol. The predicted octanol–water partition coefficient (Wildman–Crippen LogP) is 1.35. The molecule has 0 aromatic rings. The van der Waals surface area contributed by atoms with Gasteiger partial charge in [0, 0.05) is 13.0 Å². The van der Waals surface area contributed by atoms with Crippen LogP contribution in [-0.2, 0) is 19.1 Å². The monoisotopic (exact) mass is 300 g/mol. The standard InChI is InChI=1S/C15H24O6/c1-5-6-10-21-14(2,3)8-7-9-15(19,13(17)18)11-12(16)20-4/h19H,5-6,9-11H2,1-4H3,(H,17,18)/t15-/m1/s1. The molecule has 0 heterocycles. The van der Waals surface area contributed by atoms with Gasteiger partial charge in [-0.3, -0.25) is 4.79 Å². The number of aliphatic hydroxyl groups is 1. The van der Waals surface area contributed by atoms with Gasteiger partial charge < -0.3 is 19.7 Å². The molecule has 0 saturated heterocycles. The number of aliphatic carboxylic acids is 1. The topological polar surface area (TPSA) is 93.1 Å². The van der Waals surface area contributed by atoms with Gasteiger partial charge in [0.1, 0.15) is 5.60 Å². The maximum absolute atomic E-state index is 11.1. The zero-order chi connectivity index (χ0) is 16.5. The normalized spacial score (nSPS) is 13.8. The quantitative estimate of drug-likeness (QED) is 0.399. The molecule has 0 rings (SSSR count). The number of hydrogen-bond acceptors (Lipinski definition) is 5. The molecule has 0 aliphatic rings. The highest BCUT2D eigenvalue weighted by atomic mass is 16.5. The molecule has 0 aromatic carbocycles. The molecule has 6 heteroatoms. The molecular formula is C15H24O6. The van der Waals surface area contributed by atoms with Gasteiger partial charge in [-0.1, -0.05) is 25.2 Å². The fourth-order valence-corrected chi connectivity index (χ4v) is 1.44. The molecule has 0 aromatic heterocycles. The van der Waals surface area contributed by atoms with E-state index >= 15 is 0 Å². The maximum atomic E-state index is 11.1. The highest BCUT2D eigenvalue weighted by Gasteiger charge is 2.38. The van der Waals surface area contributed by atoms with Crippen molar-refractivity contribution in [3.63, 3.8) is 0 Å². The first kappa shape index (κ1) is 19.4. The smallest absolute Gasteiger partial charge is 0.337 e. The van der Waals surface area contributed by atoms with Crippen LogP contribution in [0.15, 0.2) is 0 Å². The summed E-state index contributed by atoms with van der Waals surface area (Å²) in [5.74, 6) is 3.05. The molecule has 0 spiro atoms. The number of hydrogen-bond donors (Lipinski definition) is 2. The number of carbonyl (C=O) groups is 2. The molecule has 0 radical (unpaired) electrons. The zero-order valence-electron chi connectivity index (χ0n) is 13.1. The lowest BCUT2D eigenvalue weighted by molar-refractivity contribution is -0.165. The van der Waals surface area contributed by atoms with Gasteiger partial charge >= 0.3 is 11.9 Å². The van der Waals surface area contributed by atoms with Crippen molar-refractivity contribution >= 4 is 11.9 Å².